The lowest BCUT2D eigenvalue weighted by atomic mass is 10.2. The summed E-state index contributed by atoms with van der Waals surface area (Å²) >= 11 is 15.3. The van der Waals surface area contributed by atoms with Gasteiger partial charge in [-0.25, -0.2) is 0 Å². The number of hydrogen-bond donors (Lipinski definition) is 1. The molecule has 2 aromatic carbocycles. The normalized spacial score (nSPS) is 10.6. The molecule has 0 saturated heterocycles. The fourth-order valence-corrected chi connectivity index (χ4v) is 2.31. The molecule has 0 atom stereocenters. The number of hydrogen-bond acceptors (Lipinski definition) is 1. The van der Waals surface area contributed by atoms with Crippen LogP contribution in [0.2, 0.25) is 10.0 Å². The van der Waals surface area contributed by atoms with Gasteiger partial charge in [0, 0.05) is 22.6 Å². The quantitative estimate of drug-likeness (QED) is 0.818. The molecule has 0 fully saturated rings. The third-order valence-electron chi connectivity index (χ3n) is 2.53. The molecule has 2 rings (SSSR count). The molecule has 0 saturated carbocycles. The van der Waals surface area contributed by atoms with Crippen LogP contribution in [-0.4, -0.2) is 0 Å². The van der Waals surface area contributed by atoms with Gasteiger partial charge in [-0.3, -0.25) is 0 Å². The zero-order valence-electron chi connectivity index (χ0n) is 9.59. The summed E-state index contributed by atoms with van der Waals surface area (Å²) < 4.78 is 0.919. The summed E-state index contributed by atoms with van der Waals surface area (Å²) in [5, 5.41) is 4.86. The minimum atomic E-state index is 0.733. The first-order valence-electron chi connectivity index (χ1n) is 5.54. The Labute approximate surface area is 125 Å². The van der Waals surface area contributed by atoms with Gasteiger partial charge in [-0.2, -0.15) is 0 Å². The summed E-state index contributed by atoms with van der Waals surface area (Å²) in [6.07, 6.45) is 0. The third kappa shape index (κ3) is 3.99. The van der Waals surface area contributed by atoms with Crippen molar-refractivity contribution in [1.29, 1.82) is 0 Å². The summed E-state index contributed by atoms with van der Waals surface area (Å²) in [5.74, 6) is 0. The second-order valence-corrected chi connectivity index (χ2v) is 5.68. The highest BCUT2D eigenvalue weighted by molar-refractivity contribution is 9.10. The van der Waals surface area contributed by atoms with Crippen LogP contribution in [-0.2, 0) is 13.1 Å². The molecule has 2 aromatic rings. The van der Waals surface area contributed by atoms with E-state index >= 15 is 0 Å². The van der Waals surface area contributed by atoms with Crippen molar-refractivity contribution in [3.05, 3.63) is 68.1 Å². The Bertz CT molecular complexity index is 543. The Morgan fingerprint density at radius 1 is 0.944 bits per heavy atom. The highest BCUT2D eigenvalue weighted by Gasteiger charge is 1.99. The number of rotatable bonds is 4. The Balaban J connectivity index is 1.90. The standard InChI is InChI=1S/C14H12BrCl2N/c15-13-5-4-11(7-14(13)17)9-18-8-10-2-1-3-12(16)6-10/h1-7,18H,8-9H2. The van der Waals surface area contributed by atoms with Crippen molar-refractivity contribution in [2.24, 2.45) is 0 Å². The summed E-state index contributed by atoms with van der Waals surface area (Å²) in [6.45, 7) is 1.56. The lowest BCUT2D eigenvalue weighted by Gasteiger charge is -2.06. The number of halogens is 3. The summed E-state index contributed by atoms with van der Waals surface area (Å²) in [4.78, 5) is 0. The molecule has 0 amide bonds. The molecule has 1 nitrogen and oxygen atoms in total. The van der Waals surface area contributed by atoms with Crippen LogP contribution in [0.1, 0.15) is 11.1 Å². The van der Waals surface area contributed by atoms with Gasteiger partial charge < -0.3 is 5.32 Å². The maximum atomic E-state index is 6.04. The van der Waals surface area contributed by atoms with Gasteiger partial charge in [0.25, 0.3) is 0 Å². The van der Waals surface area contributed by atoms with Crippen LogP contribution in [0, 0.1) is 0 Å². The first kappa shape index (κ1) is 13.9. The molecule has 0 unspecified atom stereocenters. The lowest BCUT2D eigenvalue weighted by Crippen LogP contribution is -2.12. The minimum Gasteiger partial charge on any atom is -0.309 e. The molecule has 18 heavy (non-hydrogen) atoms. The number of benzene rings is 2. The van der Waals surface area contributed by atoms with Crippen LogP contribution >= 0.6 is 39.1 Å². The zero-order valence-corrected chi connectivity index (χ0v) is 12.7. The van der Waals surface area contributed by atoms with E-state index in [0.717, 1.165) is 33.2 Å². The van der Waals surface area contributed by atoms with E-state index in [4.69, 9.17) is 23.2 Å². The SMILES string of the molecule is Clc1cccc(CNCc2ccc(Br)c(Cl)c2)c1. The second kappa shape index (κ2) is 6.58. The van der Waals surface area contributed by atoms with E-state index in [1.165, 1.54) is 5.56 Å². The van der Waals surface area contributed by atoms with Crippen molar-refractivity contribution < 1.29 is 0 Å². The van der Waals surface area contributed by atoms with Gasteiger partial charge in [0.05, 0.1) is 5.02 Å². The van der Waals surface area contributed by atoms with E-state index in [0.29, 0.717) is 0 Å². The van der Waals surface area contributed by atoms with Crippen LogP contribution in [0.3, 0.4) is 0 Å². The largest absolute Gasteiger partial charge is 0.309 e. The molecule has 0 spiro atoms. The van der Waals surface area contributed by atoms with Gasteiger partial charge in [-0.1, -0.05) is 41.4 Å². The van der Waals surface area contributed by atoms with Crippen LogP contribution in [0.25, 0.3) is 0 Å². The van der Waals surface area contributed by atoms with Crippen molar-refractivity contribution in [2.75, 3.05) is 0 Å². The summed E-state index contributed by atoms with van der Waals surface area (Å²) in [6, 6.07) is 13.8. The monoisotopic (exact) mass is 343 g/mol. The smallest absolute Gasteiger partial charge is 0.0551 e. The third-order valence-corrected chi connectivity index (χ3v) is 4.00. The average molecular weight is 345 g/mol. The van der Waals surface area contributed by atoms with Gasteiger partial charge in [0.1, 0.15) is 0 Å². The molecule has 0 radical (unpaired) electrons. The Morgan fingerprint density at radius 3 is 2.33 bits per heavy atom. The highest BCUT2D eigenvalue weighted by Crippen LogP contribution is 2.23. The van der Waals surface area contributed by atoms with Crippen LogP contribution in [0.5, 0.6) is 0 Å². The maximum absolute atomic E-state index is 6.04. The van der Waals surface area contributed by atoms with Crippen molar-refractivity contribution in [1.82, 2.24) is 5.32 Å². The van der Waals surface area contributed by atoms with Crippen LogP contribution in [0.15, 0.2) is 46.9 Å². The molecular weight excluding hydrogens is 333 g/mol. The second-order valence-electron chi connectivity index (χ2n) is 3.98. The Kier molecular flexibility index (Phi) is 5.07. The molecular formula is C14H12BrCl2N. The molecule has 0 bridgehead atoms. The molecule has 0 heterocycles. The fraction of sp³-hybridized carbons (Fsp3) is 0.143. The molecule has 4 heteroatoms. The van der Waals surface area contributed by atoms with E-state index in [9.17, 15) is 0 Å². The number of nitrogens with one attached hydrogen (secondary N) is 1. The van der Waals surface area contributed by atoms with E-state index in [2.05, 4.69) is 21.2 Å². The van der Waals surface area contributed by atoms with Crippen molar-refractivity contribution in [3.8, 4) is 0 Å². The molecule has 0 aliphatic carbocycles. The maximum Gasteiger partial charge on any atom is 0.0551 e. The molecule has 0 aliphatic rings. The van der Waals surface area contributed by atoms with Crippen LogP contribution in [0.4, 0.5) is 0 Å². The summed E-state index contributed by atoms with van der Waals surface area (Å²) in [7, 11) is 0. The minimum absolute atomic E-state index is 0.733. The van der Waals surface area contributed by atoms with E-state index in [1.54, 1.807) is 0 Å². The van der Waals surface area contributed by atoms with Crippen molar-refractivity contribution in [2.45, 2.75) is 13.1 Å². The Hall–Kier alpha value is -0.540. The molecule has 94 valence electrons. The molecule has 0 aliphatic heterocycles. The fourth-order valence-electron chi connectivity index (χ4n) is 1.65. The Morgan fingerprint density at radius 2 is 1.67 bits per heavy atom. The van der Waals surface area contributed by atoms with E-state index in [-0.39, 0.29) is 0 Å². The average Bonchev–Trinajstić information content (AvgIpc) is 2.34. The van der Waals surface area contributed by atoms with Crippen molar-refractivity contribution >= 4 is 39.1 Å². The lowest BCUT2D eigenvalue weighted by molar-refractivity contribution is 0.693. The van der Waals surface area contributed by atoms with Gasteiger partial charge in [-0.05, 0) is 51.3 Å². The van der Waals surface area contributed by atoms with Gasteiger partial charge >= 0.3 is 0 Å². The van der Waals surface area contributed by atoms with E-state index in [1.807, 2.05) is 42.5 Å². The predicted octanol–water partition coefficient (Wildman–Crippen LogP) is 5.05. The van der Waals surface area contributed by atoms with Gasteiger partial charge in [-0.15, -0.1) is 0 Å². The predicted molar refractivity (Wildman–Crippen MR) is 81.1 cm³/mol. The molecule has 0 aromatic heterocycles. The van der Waals surface area contributed by atoms with Gasteiger partial charge in [0.15, 0.2) is 0 Å². The zero-order chi connectivity index (χ0) is 13.0. The van der Waals surface area contributed by atoms with Crippen LogP contribution < -0.4 is 5.32 Å². The van der Waals surface area contributed by atoms with E-state index < -0.39 is 0 Å². The highest BCUT2D eigenvalue weighted by atomic mass is 79.9. The molecule has 1 N–H and O–H groups in total. The summed E-state index contributed by atoms with van der Waals surface area (Å²) in [5.41, 5.74) is 2.33. The van der Waals surface area contributed by atoms with Gasteiger partial charge in [0.2, 0.25) is 0 Å². The first-order valence-corrected chi connectivity index (χ1v) is 7.09. The van der Waals surface area contributed by atoms with Crippen molar-refractivity contribution in [3.63, 3.8) is 0 Å². The topological polar surface area (TPSA) is 12.0 Å². The first-order chi connectivity index (χ1) is 8.65.